The van der Waals surface area contributed by atoms with Crippen molar-refractivity contribution in [2.45, 2.75) is 6.92 Å². The molecule has 1 fully saturated rings. The molecule has 1 aliphatic heterocycles. The first kappa shape index (κ1) is 15.6. The predicted molar refractivity (Wildman–Crippen MR) is 82.7 cm³/mol. The molecule has 0 aromatic heterocycles. The summed E-state index contributed by atoms with van der Waals surface area (Å²) in [6.07, 6.45) is 0. The number of nitrogens with two attached hydrogens (primary N) is 1. The second-order valence-corrected chi connectivity index (χ2v) is 5.51. The van der Waals surface area contributed by atoms with Crippen LogP contribution in [0.3, 0.4) is 0 Å². The number of nitrogens with one attached hydrogen (secondary N) is 2. The van der Waals surface area contributed by atoms with Crippen molar-refractivity contribution in [3.8, 4) is 0 Å². The van der Waals surface area contributed by atoms with Crippen LogP contribution in [0.5, 0.6) is 0 Å². The predicted octanol–water partition coefficient (Wildman–Crippen LogP) is 1.19. The molecule has 0 aliphatic carbocycles. The van der Waals surface area contributed by atoms with Crippen molar-refractivity contribution in [2.75, 3.05) is 31.1 Å². The third-order valence-corrected chi connectivity index (χ3v) is 3.71. The van der Waals surface area contributed by atoms with Crippen LogP contribution in [0.2, 0.25) is 5.02 Å². The van der Waals surface area contributed by atoms with Crippen LogP contribution >= 0.6 is 11.6 Å². The van der Waals surface area contributed by atoms with Gasteiger partial charge in [-0.25, -0.2) is 4.79 Å². The van der Waals surface area contributed by atoms with Crippen molar-refractivity contribution in [1.29, 1.82) is 0 Å². The van der Waals surface area contributed by atoms with Crippen molar-refractivity contribution < 1.29 is 9.59 Å². The molecule has 21 heavy (non-hydrogen) atoms. The van der Waals surface area contributed by atoms with E-state index in [4.69, 9.17) is 17.3 Å². The molecule has 0 bridgehead atoms. The van der Waals surface area contributed by atoms with Crippen molar-refractivity contribution in [3.05, 3.63) is 28.8 Å². The molecule has 6 nitrogen and oxygen atoms in total. The highest BCUT2D eigenvalue weighted by Crippen LogP contribution is 2.24. The summed E-state index contributed by atoms with van der Waals surface area (Å²) in [5, 5.41) is 5.87. The third kappa shape index (κ3) is 3.65. The SMILES string of the molecule is CC(CN)CNC(=O)c1cc(N2CCNC2=O)ccc1Cl. The fraction of sp³-hybridized carbons (Fsp3) is 0.429. The van der Waals surface area contributed by atoms with Gasteiger partial charge in [-0.3, -0.25) is 9.69 Å². The maximum absolute atomic E-state index is 12.2. The molecule has 1 aliphatic rings. The number of halogens is 1. The van der Waals surface area contributed by atoms with Crippen LogP contribution in [0, 0.1) is 5.92 Å². The molecule has 7 heteroatoms. The topological polar surface area (TPSA) is 87.5 Å². The van der Waals surface area contributed by atoms with Crippen molar-refractivity contribution in [3.63, 3.8) is 0 Å². The summed E-state index contributed by atoms with van der Waals surface area (Å²) in [4.78, 5) is 25.4. The Morgan fingerprint density at radius 2 is 2.33 bits per heavy atom. The van der Waals surface area contributed by atoms with E-state index in [0.29, 0.717) is 42.5 Å². The van der Waals surface area contributed by atoms with Gasteiger partial charge in [-0.15, -0.1) is 0 Å². The Kier molecular flexibility index (Phi) is 5.03. The number of amides is 3. The van der Waals surface area contributed by atoms with Crippen LogP contribution in [0.25, 0.3) is 0 Å². The first-order valence-electron chi connectivity index (χ1n) is 6.86. The van der Waals surface area contributed by atoms with E-state index in [1.54, 1.807) is 23.1 Å². The molecule has 1 aromatic carbocycles. The molecular formula is C14H19ClN4O2. The summed E-state index contributed by atoms with van der Waals surface area (Å²) in [5.74, 6) is -0.0676. The third-order valence-electron chi connectivity index (χ3n) is 3.38. The Morgan fingerprint density at radius 1 is 1.57 bits per heavy atom. The van der Waals surface area contributed by atoms with Gasteiger partial charge in [0.2, 0.25) is 0 Å². The van der Waals surface area contributed by atoms with Crippen molar-refractivity contribution in [1.82, 2.24) is 10.6 Å². The molecular weight excluding hydrogens is 292 g/mol. The van der Waals surface area contributed by atoms with Gasteiger partial charge in [-0.2, -0.15) is 0 Å². The number of anilines is 1. The molecule has 1 unspecified atom stereocenters. The summed E-state index contributed by atoms with van der Waals surface area (Å²) in [6, 6.07) is 4.83. The summed E-state index contributed by atoms with van der Waals surface area (Å²) < 4.78 is 0. The summed E-state index contributed by atoms with van der Waals surface area (Å²) in [5.41, 5.74) is 6.54. The molecule has 4 N–H and O–H groups in total. The van der Waals surface area contributed by atoms with Crippen LogP contribution < -0.4 is 21.3 Å². The van der Waals surface area contributed by atoms with Gasteiger partial charge >= 0.3 is 6.03 Å². The van der Waals surface area contributed by atoms with E-state index < -0.39 is 0 Å². The van der Waals surface area contributed by atoms with E-state index >= 15 is 0 Å². The van der Waals surface area contributed by atoms with Gasteiger partial charge in [0.1, 0.15) is 0 Å². The van der Waals surface area contributed by atoms with Crippen molar-refractivity contribution in [2.24, 2.45) is 11.7 Å². The maximum Gasteiger partial charge on any atom is 0.321 e. The van der Waals surface area contributed by atoms with E-state index in [-0.39, 0.29) is 17.9 Å². The Balaban J connectivity index is 2.15. The maximum atomic E-state index is 12.2. The highest BCUT2D eigenvalue weighted by molar-refractivity contribution is 6.34. The summed E-state index contributed by atoms with van der Waals surface area (Å²) in [7, 11) is 0. The molecule has 1 atom stereocenters. The fourth-order valence-electron chi connectivity index (χ4n) is 2.02. The smallest absolute Gasteiger partial charge is 0.321 e. The van der Waals surface area contributed by atoms with Crippen molar-refractivity contribution >= 4 is 29.2 Å². The molecule has 1 aromatic rings. The minimum Gasteiger partial charge on any atom is -0.352 e. The number of benzene rings is 1. The number of nitrogens with zero attached hydrogens (tertiary/aromatic N) is 1. The molecule has 3 amide bonds. The zero-order valence-corrected chi connectivity index (χ0v) is 12.6. The second-order valence-electron chi connectivity index (χ2n) is 5.10. The largest absolute Gasteiger partial charge is 0.352 e. The average molecular weight is 311 g/mol. The average Bonchev–Trinajstić information content (AvgIpc) is 2.91. The van der Waals surface area contributed by atoms with Gasteiger partial charge in [-0.05, 0) is 30.7 Å². The minimum absolute atomic E-state index is 0.166. The minimum atomic E-state index is -0.262. The first-order valence-corrected chi connectivity index (χ1v) is 7.24. The van der Waals surface area contributed by atoms with Gasteiger partial charge < -0.3 is 16.4 Å². The highest BCUT2D eigenvalue weighted by Gasteiger charge is 2.22. The van der Waals surface area contributed by atoms with Gasteiger partial charge in [0.15, 0.2) is 0 Å². The van der Waals surface area contributed by atoms with Crippen LogP contribution in [-0.2, 0) is 0 Å². The van der Waals surface area contributed by atoms with Crippen LogP contribution in [-0.4, -0.2) is 38.1 Å². The van der Waals surface area contributed by atoms with Crippen LogP contribution in [0.4, 0.5) is 10.5 Å². The normalized spacial score (nSPS) is 15.8. The van der Waals surface area contributed by atoms with E-state index in [0.717, 1.165) is 0 Å². The molecule has 2 rings (SSSR count). The molecule has 1 heterocycles. The van der Waals surface area contributed by atoms with E-state index in [1.165, 1.54) is 0 Å². The van der Waals surface area contributed by atoms with E-state index in [2.05, 4.69) is 10.6 Å². The molecule has 114 valence electrons. The zero-order chi connectivity index (χ0) is 15.4. The van der Waals surface area contributed by atoms with Gasteiger partial charge in [0, 0.05) is 25.3 Å². The van der Waals surface area contributed by atoms with Crippen LogP contribution in [0.1, 0.15) is 17.3 Å². The second kappa shape index (κ2) is 6.78. The lowest BCUT2D eigenvalue weighted by Gasteiger charge is -2.16. The fourth-order valence-corrected chi connectivity index (χ4v) is 2.22. The number of hydrogen-bond donors (Lipinski definition) is 3. The van der Waals surface area contributed by atoms with E-state index in [1.807, 2.05) is 6.92 Å². The molecule has 0 spiro atoms. The molecule has 0 radical (unpaired) electrons. The Labute approximate surface area is 128 Å². The molecule has 0 saturated carbocycles. The highest BCUT2D eigenvalue weighted by atomic mass is 35.5. The lowest BCUT2D eigenvalue weighted by Crippen LogP contribution is -2.32. The van der Waals surface area contributed by atoms with Gasteiger partial charge in [-0.1, -0.05) is 18.5 Å². The number of rotatable bonds is 5. The first-order chi connectivity index (χ1) is 10.0. The summed E-state index contributed by atoms with van der Waals surface area (Å²) >= 11 is 6.08. The Bertz CT molecular complexity index is 550. The standard InChI is InChI=1S/C14H19ClN4O2/c1-9(7-16)8-18-13(20)11-6-10(2-3-12(11)15)19-5-4-17-14(19)21/h2-3,6,9H,4-5,7-8,16H2,1H3,(H,17,21)(H,18,20). The molecule has 1 saturated heterocycles. The number of hydrogen-bond acceptors (Lipinski definition) is 3. The Morgan fingerprint density at radius 3 is 2.95 bits per heavy atom. The number of carbonyl (C=O) groups excluding carboxylic acids is 2. The summed E-state index contributed by atoms with van der Waals surface area (Å²) in [6.45, 7) is 4.11. The number of urea groups is 1. The number of carbonyl (C=O) groups is 2. The quantitative estimate of drug-likeness (QED) is 0.763. The zero-order valence-electron chi connectivity index (χ0n) is 11.9. The van der Waals surface area contributed by atoms with E-state index in [9.17, 15) is 9.59 Å². The Hall–Kier alpha value is -1.79. The lowest BCUT2D eigenvalue weighted by molar-refractivity contribution is 0.0948. The van der Waals surface area contributed by atoms with Gasteiger partial charge in [0.05, 0.1) is 10.6 Å². The van der Waals surface area contributed by atoms with Crippen LogP contribution in [0.15, 0.2) is 18.2 Å². The monoisotopic (exact) mass is 310 g/mol. The lowest BCUT2D eigenvalue weighted by atomic mass is 10.1. The van der Waals surface area contributed by atoms with Gasteiger partial charge in [0.25, 0.3) is 5.91 Å².